The van der Waals surface area contributed by atoms with Crippen LogP contribution >= 0.6 is 0 Å². The number of piperidine rings is 1. The van der Waals surface area contributed by atoms with Gasteiger partial charge >= 0.3 is 6.03 Å². The Hall–Kier alpha value is -2.57. The average molecular weight is 413 g/mol. The van der Waals surface area contributed by atoms with Gasteiger partial charge in [-0.15, -0.1) is 0 Å². The van der Waals surface area contributed by atoms with Gasteiger partial charge in [-0.1, -0.05) is 19.3 Å². The van der Waals surface area contributed by atoms with Gasteiger partial charge < -0.3 is 15.5 Å². The second-order valence-corrected chi connectivity index (χ2v) is 9.00. The topological polar surface area (TPSA) is 81.8 Å². The van der Waals surface area contributed by atoms with Gasteiger partial charge in [-0.3, -0.25) is 14.5 Å². The molecule has 4 amide bonds. The highest BCUT2D eigenvalue weighted by Gasteiger charge is 2.52. The summed E-state index contributed by atoms with van der Waals surface area (Å²) >= 11 is 0. The maximum absolute atomic E-state index is 13.0. The number of anilines is 2. The lowest BCUT2D eigenvalue weighted by molar-refractivity contribution is -0.135. The lowest BCUT2D eigenvalue weighted by atomic mass is 9.75. The Bertz CT molecular complexity index is 797. The van der Waals surface area contributed by atoms with E-state index in [2.05, 4.69) is 15.5 Å². The first kappa shape index (κ1) is 20.7. The van der Waals surface area contributed by atoms with Crippen LogP contribution in [-0.4, -0.2) is 47.9 Å². The molecular formula is C23H32N4O3. The summed E-state index contributed by atoms with van der Waals surface area (Å²) in [6.45, 7) is 3.68. The van der Waals surface area contributed by atoms with Crippen LogP contribution in [0.25, 0.3) is 0 Å². The van der Waals surface area contributed by atoms with Gasteiger partial charge in [-0.25, -0.2) is 4.79 Å². The molecule has 2 N–H and O–H groups in total. The molecule has 2 saturated heterocycles. The molecule has 1 aliphatic carbocycles. The van der Waals surface area contributed by atoms with Crippen molar-refractivity contribution in [2.45, 2.75) is 63.8 Å². The fraction of sp³-hybridized carbons (Fsp3) is 0.609. The highest BCUT2D eigenvalue weighted by atomic mass is 16.2. The van der Waals surface area contributed by atoms with E-state index in [1.165, 1.54) is 25.7 Å². The molecule has 1 aromatic carbocycles. The first-order chi connectivity index (χ1) is 14.5. The SMILES string of the molecule is CC1(C2CCCCC2)NC(=O)N(CC(=O)Nc2ccc(N3CCCCC3)cc2)C1=O. The Morgan fingerprint density at radius 1 is 1.03 bits per heavy atom. The van der Waals surface area contributed by atoms with E-state index in [-0.39, 0.29) is 24.3 Å². The van der Waals surface area contributed by atoms with E-state index in [0.717, 1.165) is 49.4 Å². The molecule has 3 fully saturated rings. The van der Waals surface area contributed by atoms with Gasteiger partial charge in [0.2, 0.25) is 5.91 Å². The van der Waals surface area contributed by atoms with Gasteiger partial charge in [-0.2, -0.15) is 0 Å². The van der Waals surface area contributed by atoms with Crippen LogP contribution in [0, 0.1) is 5.92 Å². The first-order valence-corrected chi connectivity index (χ1v) is 11.3. The van der Waals surface area contributed by atoms with Crippen LogP contribution in [-0.2, 0) is 9.59 Å². The van der Waals surface area contributed by atoms with Gasteiger partial charge in [-0.05, 0) is 69.2 Å². The summed E-state index contributed by atoms with van der Waals surface area (Å²) in [4.78, 5) is 41.4. The lowest BCUT2D eigenvalue weighted by Gasteiger charge is -2.34. The second-order valence-electron chi connectivity index (χ2n) is 9.00. The number of hydrogen-bond acceptors (Lipinski definition) is 4. The smallest absolute Gasteiger partial charge is 0.325 e. The van der Waals surface area contributed by atoms with Crippen LogP contribution < -0.4 is 15.5 Å². The number of carbonyl (C=O) groups is 3. The predicted molar refractivity (Wildman–Crippen MR) is 116 cm³/mol. The van der Waals surface area contributed by atoms with Crippen LogP contribution in [0.15, 0.2) is 24.3 Å². The van der Waals surface area contributed by atoms with Gasteiger partial charge in [0.25, 0.3) is 5.91 Å². The van der Waals surface area contributed by atoms with Crippen LogP contribution in [0.3, 0.4) is 0 Å². The fourth-order valence-corrected chi connectivity index (χ4v) is 5.07. The number of amides is 4. The largest absolute Gasteiger partial charge is 0.372 e. The minimum absolute atomic E-state index is 0.137. The molecule has 3 aliphatic rings. The maximum atomic E-state index is 13.0. The first-order valence-electron chi connectivity index (χ1n) is 11.3. The molecule has 7 nitrogen and oxygen atoms in total. The quantitative estimate of drug-likeness (QED) is 0.725. The van der Waals surface area contributed by atoms with Crippen molar-refractivity contribution in [1.29, 1.82) is 0 Å². The second kappa shape index (κ2) is 8.66. The van der Waals surface area contributed by atoms with Crippen molar-refractivity contribution in [3.05, 3.63) is 24.3 Å². The minimum atomic E-state index is -0.895. The average Bonchev–Trinajstić information content (AvgIpc) is 2.99. The summed E-state index contributed by atoms with van der Waals surface area (Å²) in [6, 6.07) is 7.30. The number of benzene rings is 1. The van der Waals surface area contributed by atoms with E-state index in [9.17, 15) is 14.4 Å². The highest BCUT2D eigenvalue weighted by molar-refractivity contribution is 6.10. The van der Waals surface area contributed by atoms with Gasteiger partial charge in [0, 0.05) is 24.5 Å². The van der Waals surface area contributed by atoms with E-state index in [4.69, 9.17) is 0 Å². The maximum Gasteiger partial charge on any atom is 0.325 e. The summed E-state index contributed by atoms with van der Waals surface area (Å²) in [6.07, 6.45) is 8.92. The Morgan fingerprint density at radius 3 is 2.33 bits per heavy atom. The van der Waals surface area contributed by atoms with Crippen LogP contribution in [0.2, 0.25) is 0 Å². The predicted octanol–water partition coefficient (Wildman–Crippen LogP) is 3.51. The molecule has 1 aromatic rings. The van der Waals surface area contributed by atoms with E-state index >= 15 is 0 Å². The number of imide groups is 1. The Kier molecular flexibility index (Phi) is 5.97. The molecule has 1 saturated carbocycles. The van der Waals surface area contributed by atoms with Crippen molar-refractivity contribution in [1.82, 2.24) is 10.2 Å². The fourth-order valence-electron chi connectivity index (χ4n) is 5.07. The van der Waals surface area contributed by atoms with E-state index < -0.39 is 11.6 Å². The normalized spacial score (nSPS) is 25.4. The summed E-state index contributed by atoms with van der Waals surface area (Å²) in [7, 11) is 0. The third-order valence-corrected chi connectivity index (χ3v) is 6.90. The molecule has 0 bridgehead atoms. The van der Waals surface area contributed by atoms with Crippen LogP contribution in [0.5, 0.6) is 0 Å². The summed E-state index contributed by atoms with van der Waals surface area (Å²) in [5.41, 5.74) is 0.932. The Balaban J connectivity index is 1.35. The number of hydrogen-bond donors (Lipinski definition) is 2. The minimum Gasteiger partial charge on any atom is -0.372 e. The molecule has 1 unspecified atom stereocenters. The summed E-state index contributed by atoms with van der Waals surface area (Å²) in [5.74, 6) is -0.509. The molecule has 30 heavy (non-hydrogen) atoms. The number of nitrogens with one attached hydrogen (secondary N) is 2. The molecule has 2 heterocycles. The van der Waals surface area contributed by atoms with Gasteiger partial charge in [0.15, 0.2) is 0 Å². The highest BCUT2D eigenvalue weighted by Crippen LogP contribution is 2.36. The van der Waals surface area contributed by atoms with E-state index in [0.29, 0.717) is 5.69 Å². The van der Waals surface area contributed by atoms with E-state index in [1.54, 1.807) is 6.92 Å². The van der Waals surface area contributed by atoms with Crippen molar-refractivity contribution in [2.75, 3.05) is 29.9 Å². The zero-order valence-electron chi connectivity index (χ0n) is 17.8. The number of nitrogens with zero attached hydrogens (tertiary/aromatic N) is 2. The van der Waals surface area contributed by atoms with E-state index in [1.807, 2.05) is 24.3 Å². The summed E-state index contributed by atoms with van der Waals surface area (Å²) in [5, 5.41) is 5.68. The molecule has 0 spiro atoms. The number of rotatable bonds is 5. The third kappa shape index (κ3) is 4.16. The zero-order valence-corrected chi connectivity index (χ0v) is 17.8. The van der Waals surface area contributed by atoms with Gasteiger partial charge in [0.1, 0.15) is 12.1 Å². The van der Waals surface area contributed by atoms with Crippen LogP contribution in [0.1, 0.15) is 58.3 Å². The third-order valence-electron chi connectivity index (χ3n) is 6.90. The Morgan fingerprint density at radius 2 is 1.67 bits per heavy atom. The number of carbonyl (C=O) groups excluding carboxylic acids is 3. The molecule has 0 aromatic heterocycles. The standard InChI is InChI=1S/C23H32N4O3/c1-23(17-8-4-2-5-9-17)21(29)27(22(30)25-23)16-20(28)24-18-10-12-19(13-11-18)26-14-6-3-7-15-26/h10-13,17H,2-9,14-16H2,1H3,(H,24,28)(H,25,30). The molecule has 0 radical (unpaired) electrons. The van der Waals surface area contributed by atoms with Gasteiger partial charge in [0.05, 0.1) is 0 Å². The summed E-state index contributed by atoms with van der Waals surface area (Å²) < 4.78 is 0. The van der Waals surface area contributed by atoms with Crippen molar-refractivity contribution < 1.29 is 14.4 Å². The molecule has 7 heteroatoms. The van der Waals surface area contributed by atoms with Crippen molar-refractivity contribution >= 4 is 29.2 Å². The molecule has 4 rings (SSSR count). The van der Waals surface area contributed by atoms with Crippen molar-refractivity contribution in [3.63, 3.8) is 0 Å². The molecule has 1 atom stereocenters. The molecular weight excluding hydrogens is 380 g/mol. The van der Waals surface area contributed by atoms with Crippen molar-refractivity contribution in [3.8, 4) is 0 Å². The Labute approximate surface area is 178 Å². The number of urea groups is 1. The lowest BCUT2D eigenvalue weighted by Crippen LogP contribution is -2.51. The zero-order chi connectivity index (χ0) is 21.1. The monoisotopic (exact) mass is 412 g/mol. The van der Waals surface area contributed by atoms with Crippen molar-refractivity contribution in [2.24, 2.45) is 5.92 Å². The van der Waals surface area contributed by atoms with Crippen LogP contribution in [0.4, 0.5) is 16.2 Å². The molecule has 162 valence electrons. The molecule has 2 aliphatic heterocycles.